The average molecular weight is 402 g/mol. The monoisotopic (exact) mass is 402 g/mol. The predicted octanol–water partition coefficient (Wildman–Crippen LogP) is 2.26. The topological polar surface area (TPSA) is 98.9 Å². The first-order valence-corrected chi connectivity index (χ1v) is 9.93. The molecule has 1 aromatic rings. The van der Waals surface area contributed by atoms with Crippen molar-refractivity contribution in [1.29, 1.82) is 0 Å². The van der Waals surface area contributed by atoms with Gasteiger partial charge in [0.05, 0.1) is 40.6 Å². The summed E-state index contributed by atoms with van der Waals surface area (Å²) in [5.41, 5.74) is 7.29. The second-order valence-electron chi connectivity index (χ2n) is 6.24. The van der Waals surface area contributed by atoms with Crippen molar-refractivity contribution in [1.82, 2.24) is 4.90 Å². The van der Waals surface area contributed by atoms with Crippen LogP contribution in [0.25, 0.3) is 0 Å². The molecule has 0 spiro atoms. The summed E-state index contributed by atoms with van der Waals surface area (Å²) in [5.74, 6) is -2.31. The largest absolute Gasteiger partial charge is 0.463 e. The van der Waals surface area contributed by atoms with Crippen LogP contribution in [0.1, 0.15) is 32.3 Å². The van der Waals surface area contributed by atoms with Crippen LogP contribution in [0.15, 0.2) is 52.3 Å². The van der Waals surface area contributed by atoms with Gasteiger partial charge in [-0.05, 0) is 26.3 Å². The number of nitrogens with zero attached hydrogens (tertiary/aromatic N) is 1. The van der Waals surface area contributed by atoms with Crippen LogP contribution in [0.4, 0.5) is 0 Å². The Morgan fingerprint density at radius 3 is 2.21 bits per heavy atom. The fourth-order valence-corrected chi connectivity index (χ4v) is 4.49. The molecule has 2 aliphatic rings. The molecule has 2 heterocycles. The molecule has 2 N–H and O–H groups in total. The summed E-state index contributed by atoms with van der Waals surface area (Å²) in [5, 5.41) is -0.0219. The third kappa shape index (κ3) is 3.28. The van der Waals surface area contributed by atoms with Crippen molar-refractivity contribution in [2.45, 2.75) is 31.9 Å². The second-order valence-corrected chi connectivity index (χ2v) is 7.57. The van der Waals surface area contributed by atoms with Gasteiger partial charge in [0.2, 0.25) is 5.91 Å². The summed E-state index contributed by atoms with van der Waals surface area (Å²) in [6.45, 7) is 5.42. The van der Waals surface area contributed by atoms with Crippen LogP contribution < -0.4 is 5.73 Å². The van der Waals surface area contributed by atoms with Gasteiger partial charge in [0.25, 0.3) is 0 Å². The number of thioether (sulfide) groups is 1. The Kier molecular flexibility index (Phi) is 5.79. The third-order valence-electron chi connectivity index (χ3n) is 4.51. The van der Waals surface area contributed by atoms with Crippen molar-refractivity contribution in [3.05, 3.63) is 57.9 Å². The molecular weight excluding hydrogens is 380 g/mol. The fraction of sp³-hybridized carbons (Fsp3) is 0.350. The van der Waals surface area contributed by atoms with Gasteiger partial charge in [-0.1, -0.05) is 42.1 Å². The van der Waals surface area contributed by atoms with Crippen molar-refractivity contribution in [2.24, 2.45) is 5.73 Å². The Labute approximate surface area is 167 Å². The van der Waals surface area contributed by atoms with E-state index >= 15 is 0 Å². The van der Waals surface area contributed by atoms with Crippen molar-refractivity contribution < 1.29 is 23.9 Å². The van der Waals surface area contributed by atoms with Gasteiger partial charge in [-0.15, -0.1) is 0 Å². The van der Waals surface area contributed by atoms with Gasteiger partial charge in [-0.2, -0.15) is 0 Å². The summed E-state index contributed by atoms with van der Waals surface area (Å²) in [4.78, 5) is 39.7. The van der Waals surface area contributed by atoms with Crippen LogP contribution in [0.5, 0.6) is 0 Å². The molecule has 1 fully saturated rings. The molecule has 3 rings (SSSR count). The molecule has 2 aliphatic heterocycles. The molecule has 0 aromatic heterocycles. The van der Waals surface area contributed by atoms with Gasteiger partial charge >= 0.3 is 11.9 Å². The van der Waals surface area contributed by atoms with Crippen molar-refractivity contribution >= 4 is 29.6 Å². The van der Waals surface area contributed by atoms with E-state index in [1.165, 1.54) is 16.7 Å². The molecular formula is C20H22N2O5S. The first kappa shape index (κ1) is 20.0. The van der Waals surface area contributed by atoms with Gasteiger partial charge in [0.1, 0.15) is 5.82 Å². The zero-order chi connectivity index (χ0) is 20.4. The van der Waals surface area contributed by atoms with Gasteiger partial charge in [-0.25, -0.2) is 9.59 Å². The van der Waals surface area contributed by atoms with Crippen LogP contribution in [0.2, 0.25) is 0 Å². The summed E-state index contributed by atoms with van der Waals surface area (Å²) in [6.07, 6.45) is 0. The predicted molar refractivity (Wildman–Crippen MR) is 105 cm³/mol. The van der Waals surface area contributed by atoms with Gasteiger partial charge in [-0.3, -0.25) is 9.69 Å². The molecule has 7 nitrogen and oxygen atoms in total. The van der Waals surface area contributed by atoms with Gasteiger partial charge in [0.15, 0.2) is 0 Å². The summed E-state index contributed by atoms with van der Waals surface area (Å²) < 4.78 is 10.5. The number of esters is 2. The highest BCUT2D eigenvalue weighted by Crippen LogP contribution is 2.49. The number of ether oxygens (including phenoxy) is 2. The van der Waals surface area contributed by atoms with E-state index in [-0.39, 0.29) is 36.1 Å². The lowest BCUT2D eigenvalue weighted by Crippen LogP contribution is -2.40. The first-order valence-electron chi connectivity index (χ1n) is 9.05. The van der Waals surface area contributed by atoms with Crippen LogP contribution >= 0.6 is 11.8 Å². The number of benzene rings is 1. The lowest BCUT2D eigenvalue weighted by atomic mass is 9.82. The fourth-order valence-electron chi connectivity index (χ4n) is 3.32. The maximum absolute atomic E-state index is 12.9. The van der Waals surface area contributed by atoms with E-state index in [2.05, 4.69) is 0 Å². The van der Waals surface area contributed by atoms with E-state index in [9.17, 15) is 14.4 Å². The third-order valence-corrected chi connectivity index (χ3v) is 5.69. The maximum Gasteiger partial charge on any atom is 0.338 e. The summed E-state index contributed by atoms with van der Waals surface area (Å²) in [7, 11) is 0. The molecule has 0 unspecified atom stereocenters. The van der Waals surface area contributed by atoms with E-state index < -0.39 is 23.1 Å². The Morgan fingerprint density at radius 2 is 1.64 bits per heavy atom. The number of carbonyl (C=O) groups excluding carboxylic acids is 3. The Morgan fingerprint density at radius 1 is 1.07 bits per heavy atom. The van der Waals surface area contributed by atoms with Crippen molar-refractivity contribution in [2.75, 3.05) is 13.2 Å². The Hall–Kier alpha value is -2.74. The minimum absolute atomic E-state index is 0.00259. The standard InChI is InChI=1S/C20H22N2O5S/c1-4-26-19(24)14-13(12-9-7-6-8-10-12)15(20(25)27-5-2)18-22(16(14)21)17(23)11(3)28-18/h6-11,13H,4-5,21H2,1-3H3/t11-,13+/m0/s1. The smallest absolute Gasteiger partial charge is 0.338 e. The van der Waals surface area contributed by atoms with Crippen LogP contribution in [0, 0.1) is 0 Å². The molecule has 28 heavy (non-hydrogen) atoms. The molecule has 1 saturated heterocycles. The molecule has 0 aliphatic carbocycles. The van der Waals surface area contributed by atoms with Crippen LogP contribution in [-0.2, 0) is 23.9 Å². The number of hydrogen-bond acceptors (Lipinski definition) is 7. The zero-order valence-corrected chi connectivity index (χ0v) is 16.7. The first-order chi connectivity index (χ1) is 13.4. The highest BCUT2D eigenvalue weighted by Gasteiger charge is 2.48. The van der Waals surface area contributed by atoms with Crippen molar-refractivity contribution in [3.8, 4) is 0 Å². The lowest BCUT2D eigenvalue weighted by molar-refractivity contribution is -0.139. The molecule has 8 heteroatoms. The minimum Gasteiger partial charge on any atom is -0.463 e. The molecule has 1 aromatic carbocycles. The van der Waals surface area contributed by atoms with E-state index in [4.69, 9.17) is 15.2 Å². The van der Waals surface area contributed by atoms with Gasteiger partial charge < -0.3 is 15.2 Å². The molecule has 1 amide bonds. The molecule has 0 saturated carbocycles. The number of fused-ring (bicyclic) bond motifs is 1. The number of carbonyl (C=O) groups is 3. The van der Waals surface area contributed by atoms with Crippen molar-refractivity contribution in [3.63, 3.8) is 0 Å². The highest BCUT2D eigenvalue weighted by molar-refractivity contribution is 8.04. The number of hydrogen-bond donors (Lipinski definition) is 1. The number of amides is 1. The Balaban J connectivity index is 2.28. The molecule has 2 atom stereocenters. The van der Waals surface area contributed by atoms with E-state index in [0.29, 0.717) is 10.6 Å². The molecule has 0 radical (unpaired) electrons. The molecule has 0 bridgehead atoms. The zero-order valence-electron chi connectivity index (χ0n) is 15.9. The van der Waals surface area contributed by atoms with E-state index in [1.807, 2.05) is 18.2 Å². The van der Waals surface area contributed by atoms with Crippen LogP contribution in [0.3, 0.4) is 0 Å². The van der Waals surface area contributed by atoms with E-state index in [1.54, 1.807) is 32.9 Å². The second kappa shape index (κ2) is 8.10. The minimum atomic E-state index is -0.781. The van der Waals surface area contributed by atoms with Crippen LogP contribution in [-0.4, -0.2) is 41.2 Å². The quantitative estimate of drug-likeness (QED) is 0.754. The highest BCUT2D eigenvalue weighted by atomic mass is 32.2. The normalized spacial score (nSPS) is 21.7. The van der Waals surface area contributed by atoms with E-state index in [0.717, 1.165) is 0 Å². The average Bonchev–Trinajstić information content (AvgIpc) is 2.97. The lowest BCUT2D eigenvalue weighted by Gasteiger charge is -2.33. The summed E-state index contributed by atoms with van der Waals surface area (Å²) in [6, 6.07) is 9.06. The SMILES string of the molecule is CCOC(=O)C1=C(N)N2C(=O)[C@H](C)SC2=C(C(=O)OCC)[C@@H]1c1ccccc1. The van der Waals surface area contributed by atoms with Gasteiger partial charge in [0, 0.05) is 0 Å². The Bertz CT molecular complexity index is 878. The maximum atomic E-state index is 12.9. The summed E-state index contributed by atoms with van der Waals surface area (Å²) >= 11 is 1.24. The number of nitrogens with two attached hydrogens (primary N) is 1. The molecule has 148 valence electrons. The number of rotatable bonds is 5.